The highest BCUT2D eigenvalue weighted by atomic mass is 79.9. The van der Waals surface area contributed by atoms with Gasteiger partial charge in [0.05, 0.1) is 12.1 Å². The number of rotatable bonds is 2. The molecular formula is C16H15BrN2. The average Bonchev–Trinajstić information content (AvgIpc) is 2.68. The lowest BCUT2D eigenvalue weighted by Gasteiger charge is -2.05. The molecule has 2 aromatic carbocycles. The van der Waals surface area contributed by atoms with Crippen molar-refractivity contribution in [3.05, 3.63) is 63.8 Å². The minimum absolute atomic E-state index is 0.814. The molecule has 0 aliphatic heterocycles. The van der Waals surface area contributed by atoms with Gasteiger partial charge in [-0.15, -0.1) is 0 Å². The van der Waals surface area contributed by atoms with Crippen LogP contribution in [0.3, 0.4) is 0 Å². The third-order valence-corrected chi connectivity index (χ3v) is 3.63. The first kappa shape index (κ1) is 12.4. The van der Waals surface area contributed by atoms with E-state index in [0.29, 0.717) is 0 Å². The van der Waals surface area contributed by atoms with Gasteiger partial charge >= 0.3 is 0 Å². The third-order valence-electron chi connectivity index (χ3n) is 3.14. The van der Waals surface area contributed by atoms with Crippen molar-refractivity contribution >= 4 is 26.8 Å². The molecule has 0 radical (unpaired) electrons. The fourth-order valence-electron chi connectivity index (χ4n) is 2.48. The molecule has 3 rings (SSSR count). The van der Waals surface area contributed by atoms with E-state index >= 15 is 0 Å². The highest BCUT2D eigenvalue weighted by Gasteiger charge is 2.03. The first-order chi connectivity index (χ1) is 9.10. The van der Waals surface area contributed by atoms with E-state index in [1.807, 2.05) is 16.8 Å². The van der Waals surface area contributed by atoms with E-state index in [-0.39, 0.29) is 0 Å². The Morgan fingerprint density at radius 1 is 1.05 bits per heavy atom. The molecular weight excluding hydrogens is 300 g/mol. The van der Waals surface area contributed by atoms with Gasteiger partial charge in [0.2, 0.25) is 0 Å². The molecule has 1 aromatic heterocycles. The van der Waals surface area contributed by atoms with Crippen LogP contribution in [-0.4, -0.2) is 9.78 Å². The third kappa shape index (κ3) is 2.71. The molecule has 0 aliphatic carbocycles. The smallest absolute Gasteiger partial charge is 0.0924 e. The molecule has 3 aromatic rings. The number of hydrogen-bond acceptors (Lipinski definition) is 1. The quantitative estimate of drug-likeness (QED) is 0.682. The normalized spacial score (nSPS) is 11.1. The minimum Gasteiger partial charge on any atom is -0.267 e. The first-order valence-corrected chi connectivity index (χ1v) is 7.09. The van der Waals surface area contributed by atoms with E-state index < -0.39 is 0 Å². The van der Waals surface area contributed by atoms with Gasteiger partial charge < -0.3 is 0 Å². The minimum atomic E-state index is 0.814. The van der Waals surface area contributed by atoms with Gasteiger partial charge in [0, 0.05) is 16.1 Å². The molecule has 0 saturated heterocycles. The van der Waals surface area contributed by atoms with Crippen molar-refractivity contribution in [2.75, 3.05) is 0 Å². The highest BCUT2D eigenvalue weighted by molar-refractivity contribution is 9.10. The molecule has 0 N–H and O–H groups in total. The Morgan fingerprint density at radius 3 is 2.53 bits per heavy atom. The summed E-state index contributed by atoms with van der Waals surface area (Å²) < 4.78 is 3.09. The van der Waals surface area contributed by atoms with Crippen molar-refractivity contribution in [3.8, 4) is 0 Å². The van der Waals surface area contributed by atoms with Crippen LogP contribution in [0.4, 0.5) is 0 Å². The largest absolute Gasteiger partial charge is 0.267 e. The number of fused-ring (bicyclic) bond motifs is 1. The average molecular weight is 315 g/mol. The predicted octanol–water partition coefficient (Wildman–Crippen LogP) is 4.46. The summed E-state index contributed by atoms with van der Waals surface area (Å²) in [4.78, 5) is 0. The second kappa shape index (κ2) is 4.82. The van der Waals surface area contributed by atoms with Crippen LogP contribution in [0.2, 0.25) is 0 Å². The van der Waals surface area contributed by atoms with Gasteiger partial charge in [0.1, 0.15) is 0 Å². The van der Waals surface area contributed by atoms with Gasteiger partial charge in [-0.2, -0.15) is 5.10 Å². The second-order valence-electron chi connectivity index (χ2n) is 5.03. The van der Waals surface area contributed by atoms with Gasteiger partial charge in [-0.1, -0.05) is 45.3 Å². The molecule has 19 heavy (non-hydrogen) atoms. The zero-order valence-corrected chi connectivity index (χ0v) is 12.6. The SMILES string of the molecule is Cc1cc(C)cc(Cn2cc3cc(Br)ccc3n2)c1. The molecule has 0 amide bonds. The Kier molecular flexibility index (Phi) is 3.15. The molecule has 2 nitrogen and oxygen atoms in total. The molecule has 0 saturated carbocycles. The number of benzene rings is 2. The molecule has 0 atom stereocenters. The summed E-state index contributed by atoms with van der Waals surface area (Å²) in [5, 5.41) is 5.77. The summed E-state index contributed by atoms with van der Waals surface area (Å²) in [6.45, 7) is 5.08. The van der Waals surface area contributed by atoms with Gasteiger partial charge in [-0.05, 0) is 37.6 Å². The fourth-order valence-corrected chi connectivity index (χ4v) is 2.85. The Bertz CT molecular complexity index is 723. The zero-order chi connectivity index (χ0) is 13.4. The van der Waals surface area contributed by atoms with E-state index in [2.05, 4.69) is 65.3 Å². The number of aromatic nitrogens is 2. The number of aryl methyl sites for hydroxylation is 2. The van der Waals surface area contributed by atoms with Crippen LogP contribution in [0.5, 0.6) is 0 Å². The second-order valence-corrected chi connectivity index (χ2v) is 5.94. The lowest BCUT2D eigenvalue weighted by molar-refractivity contribution is 0.695. The molecule has 0 unspecified atom stereocenters. The Hall–Kier alpha value is -1.61. The summed E-state index contributed by atoms with van der Waals surface area (Å²) in [5.41, 5.74) is 4.93. The molecule has 1 heterocycles. The molecule has 96 valence electrons. The monoisotopic (exact) mass is 314 g/mol. The van der Waals surface area contributed by atoms with E-state index in [0.717, 1.165) is 16.5 Å². The predicted molar refractivity (Wildman–Crippen MR) is 82.5 cm³/mol. The van der Waals surface area contributed by atoms with Crippen LogP contribution >= 0.6 is 15.9 Å². The maximum absolute atomic E-state index is 4.60. The van der Waals surface area contributed by atoms with Gasteiger partial charge in [0.25, 0.3) is 0 Å². The van der Waals surface area contributed by atoms with Gasteiger partial charge in [0.15, 0.2) is 0 Å². The summed E-state index contributed by atoms with van der Waals surface area (Å²) in [6.07, 6.45) is 2.09. The van der Waals surface area contributed by atoms with E-state index in [1.165, 1.54) is 22.1 Å². The van der Waals surface area contributed by atoms with Crippen LogP contribution < -0.4 is 0 Å². The molecule has 0 bridgehead atoms. The van der Waals surface area contributed by atoms with Crippen LogP contribution in [-0.2, 0) is 6.54 Å². The van der Waals surface area contributed by atoms with Crippen molar-refractivity contribution in [1.82, 2.24) is 9.78 Å². The highest BCUT2D eigenvalue weighted by Crippen LogP contribution is 2.19. The lowest BCUT2D eigenvalue weighted by atomic mass is 10.1. The zero-order valence-electron chi connectivity index (χ0n) is 11.0. The first-order valence-electron chi connectivity index (χ1n) is 6.30. The summed E-state index contributed by atoms with van der Waals surface area (Å²) in [5.74, 6) is 0. The summed E-state index contributed by atoms with van der Waals surface area (Å²) in [7, 11) is 0. The number of halogens is 1. The molecule has 0 spiro atoms. The summed E-state index contributed by atoms with van der Waals surface area (Å²) in [6, 6.07) is 12.8. The Morgan fingerprint density at radius 2 is 1.79 bits per heavy atom. The van der Waals surface area contributed by atoms with E-state index in [9.17, 15) is 0 Å². The van der Waals surface area contributed by atoms with Crippen molar-refractivity contribution in [2.24, 2.45) is 0 Å². The van der Waals surface area contributed by atoms with Crippen LogP contribution in [0, 0.1) is 13.8 Å². The van der Waals surface area contributed by atoms with Crippen molar-refractivity contribution < 1.29 is 0 Å². The van der Waals surface area contributed by atoms with E-state index in [4.69, 9.17) is 0 Å². The van der Waals surface area contributed by atoms with Crippen LogP contribution in [0.25, 0.3) is 10.9 Å². The van der Waals surface area contributed by atoms with Gasteiger partial charge in [-0.3, -0.25) is 4.68 Å². The Labute approximate surface area is 121 Å². The summed E-state index contributed by atoms with van der Waals surface area (Å²) >= 11 is 3.49. The maximum Gasteiger partial charge on any atom is 0.0924 e. The van der Waals surface area contributed by atoms with E-state index in [1.54, 1.807) is 0 Å². The lowest BCUT2D eigenvalue weighted by Crippen LogP contribution is -2.00. The molecule has 0 aliphatic rings. The fraction of sp³-hybridized carbons (Fsp3) is 0.188. The van der Waals surface area contributed by atoms with Gasteiger partial charge in [-0.25, -0.2) is 0 Å². The maximum atomic E-state index is 4.60. The number of nitrogens with zero attached hydrogens (tertiary/aromatic N) is 2. The Balaban J connectivity index is 1.96. The van der Waals surface area contributed by atoms with Crippen molar-refractivity contribution in [1.29, 1.82) is 0 Å². The molecule has 3 heteroatoms. The van der Waals surface area contributed by atoms with Crippen molar-refractivity contribution in [3.63, 3.8) is 0 Å². The topological polar surface area (TPSA) is 17.8 Å². The number of hydrogen-bond donors (Lipinski definition) is 0. The van der Waals surface area contributed by atoms with Crippen molar-refractivity contribution in [2.45, 2.75) is 20.4 Å². The molecule has 0 fully saturated rings. The standard InChI is InChI=1S/C16H15BrN2/c1-11-5-12(2)7-13(6-11)9-19-10-14-8-15(17)3-4-16(14)18-19/h3-8,10H,9H2,1-2H3. The van der Waals surface area contributed by atoms with Crippen LogP contribution in [0.1, 0.15) is 16.7 Å². The van der Waals surface area contributed by atoms with Crippen LogP contribution in [0.15, 0.2) is 47.1 Å².